The first-order chi connectivity index (χ1) is 14.6. The number of fused-ring (bicyclic) bond motifs is 1. The summed E-state index contributed by atoms with van der Waals surface area (Å²) in [5, 5.41) is 3.53. The number of aromatic nitrogens is 3. The first-order valence-electron chi connectivity index (χ1n) is 9.96. The van der Waals surface area contributed by atoms with Gasteiger partial charge in [-0.3, -0.25) is 0 Å². The van der Waals surface area contributed by atoms with Crippen LogP contribution in [0.15, 0.2) is 30.5 Å². The van der Waals surface area contributed by atoms with Crippen LogP contribution in [0.25, 0.3) is 22.2 Å². The molecule has 1 aliphatic rings. The molecule has 9 heteroatoms. The van der Waals surface area contributed by atoms with E-state index in [1.165, 1.54) is 4.90 Å². The number of likely N-dealkylation sites (tertiary alicyclic amines) is 1. The van der Waals surface area contributed by atoms with E-state index in [1.807, 2.05) is 32.0 Å². The highest BCUT2D eigenvalue weighted by atomic mass is 19.4. The number of alkyl halides is 3. The summed E-state index contributed by atoms with van der Waals surface area (Å²) in [6.45, 7) is 5.41. The van der Waals surface area contributed by atoms with Gasteiger partial charge in [-0.15, -0.1) is 0 Å². The minimum atomic E-state index is -4.28. The summed E-state index contributed by atoms with van der Waals surface area (Å²) < 4.78 is 38.7. The molecule has 1 saturated heterocycles. The highest BCUT2D eigenvalue weighted by Gasteiger charge is 2.44. The largest absolute Gasteiger partial charge is 0.393 e. The molecule has 1 aromatic carbocycles. The second-order valence-electron chi connectivity index (χ2n) is 7.88. The molecule has 3 heterocycles. The van der Waals surface area contributed by atoms with Crippen LogP contribution in [-0.4, -0.2) is 45.1 Å². The molecule has 1 aliphatic heterocycles. The lowest BCUT2D eigenvalue weighted by Crippen LogP contribution is -2.35. The molecule has 162 valence electrons. The average molecular weight is 429 g/mol. The number of benzene rings is 1. The maximum atomic E-state index is 12.9. The Morgan fingerprint density at radius 1 is 1.13 bits per heavy atom. The lowest BCUT2D eigenvalue weighted by atomic mass is 9.98. The van der Waals surface area contributed by atoms with Crippen LogP contribution in [0.3, 0.4) is 0 Å². The summed E-state index contributed by atoms with van der Waals surface area (Å²) in [6, 6.07) is 6.85. The predicted octanol–water partition coefficient (Wildman–Crippen LogP) is 5.03. The van der Waals surface area contributed by atoms with E-state index < -0.39 is 18.1 Å². The monoisotopic (exact) mass is 429 g/mol. The molecule has 0 bridgehead atoms. The van der Waals surface area contributed by atoms with Gasteiger partial charge >= 0.3 is 12.2 Å². The third-order valence-corrected chi connectivity index (χ3v) is 5.60. The van der Waals surface area contributed by atoms with Crippen molar-refractivity contribution in [3.05, 3.63) is 47.5 Å². The van der Waals surface area contributed by atoms with Crippen molar-refractivity contribution in [3.63, 3.8) is 0 Å². The summed E-state index contributed by atoms with van der Waals surface area (Å²) >= 11 is 0. The fourth-order valence-electron chi connectivity index (χ4n) is 3.81. The van der Waals surface area contributed by atoms with E-state index in [-0.39, 0.29) is 19.5 Å². The minimum absolute atomic E-state index is 0.0699. The molecule has 31 heavy (non-hydrogen) atoms. The van der Waals surface area contributed by atoms with Crippen molar-refractivity contribution in [2.45, 2.75) is 33.4 Å². The Kier molecular flexibility index (Phi) is 5.28. The maximum Gasteiger partial charge on any atom is 0.393 e. The third-order valence-electron chi connectivity index (χ3n) is 5.60. The number of amides is 2. The van der Waals surface area contributed by atoms with Crippen LogP contribution < -0.4 is 5.32 Å². The maximum absolute atomic E-state index is 12.9. The lowest BCUT2D eigenvalue weighted by Gasteiger charge is -2.19. The van der Waals surface area contributed by atoms with E-state index in [0.29, 0.717) is 17.2 Å². The van der Waals surface area contributed by atoms with Crippen LogP contribution >= 0.6 is 0 Å². The summed E-state index contributed by atoms with van der Waals surface area (Å²) in [5.41, 5.74) is 4.65. The van der Waals surface area contributed by atoms with Gasteiger partial charge in [-0.1, -0.05) is 6.07 Å². The molecule has 1 unspecified atom stereocenters. The molecule has 4 rings (SSSR count). The number of halogens is 3. The van der Waals surface area contributed by atoms with Crippen LogP contribution in [0.5, 0.6) is 0 Å². The summed E-state index contributed by atoms with van der Waals surface area (Å²) in [4.78, 5) is 26.9. The standard InChI is InChI=1S/C22H22F3N5O/c1-12-4-5-17(29-21(31)30-7-6-16(11-30)22(23,24)25)9-18(12)19-8-15-10-26-14(3)28-20(15)27-13(19)2/h4-5,8-10,16H,6-7,11H2,1-3H3,(H,29,31). The number of anilines is 1. The highest BCUT2D eigenvalue weighted by molar-refractivity contribution is 5.91. The molecule has 2 amide bonds. The zero-order chi connectivity index (χ0) is 22.3. The van der Waals surface area contributed by atoms with Crippen molar-refractivity contribution in [1.29, 1.82) is 0 Å². The van der Waals surface area contributed by atoms with Crippen LogP contribution in [0.2, 0.25) is 0 Å². The molecule has 1 atom stereocenters. The smallest absolute Gasteiger partial charge is 0.324 e. The van der Waals surface area contributed by atoms with Gasteiger partial charge in [-0.25, -0.2) is 19.7 Å². The Bertz CT molecular complexity index is 1160. The Morgan fingerprint density at radius 3 is 2.61 bits per heavy atom. The number of pyridine rings is 1. The Hall–Kier alpha value is -3.23. The van der Waals surface area contributed by atoms with Crippen molar-refractivity contribution < 1.29 is 18.0 Å². The first kappa shape index (κ1) is 21.0. The number of nitrogens with zero attached hydrogens (tertiary/aromatic N) is 4. The first-order valence-corrected chi connectivity index (χ1v) is 9.96. The second-order valence-corrected chi connectivity index (χ2v) is 7.88. The molecule has 0 spiro atoms. The SMILES string of the molecule is Cc1ncc2cc(-c3cc(NC(=O)N4CCC(C(F)(F)F)C4)ccc3C)c(C)nc2n1. The van der Waals surface area contributed by atoms with E-state index in [0.717, 1.165) is 27.8 Å². The number of rotatable bonds is 2. The number of hydrogen-bond donors (Lipinski definition) is 1. The molecule has 0 radical (unpaired) electrons. The second kappa shape index (κ2) is 7.79. The number of nitrogens with one attached hydrogen (secondary N) is 1. The Balaban J connectivity index is 1.60. The van der Waals surface area contributed by atoms with E-state index >= 15 is 0 Å². The molecule has 1 N–H and O–H groups in total. The van der Waals surface area contributed by atoms with Gasteiger partial charge in [0.1, 0.15) is 5.82 Å². The molecule has 0 saturated carbocycles. The zero-order valence-corrected chi connectivity index (χ0v) is 17.4. The molecule has 0 aliphatic carbocycles. The number of carbonyl (C=O) groups excluding carboxylic acids is 1. The molecule has 1 fully saturated rings. The van der Waals surface area contributed by atoms with Gasteiger partial charge in [0.05, 0.1) is 5.92 Å². The summed E-state index contributed by atoms with van der Waals surface area (Å²) in [7, 11) is 0. The van der Waals surface area contributed by atoms with Crippen molar-refractivity contribution >= 4 is 22.8 Å². The molecule has 3 aromatic rings. The van der Waals surface area contributed by atoms with Crippen molar-refractivity contribution in [1.82, 2.24) is 19.9 Å². The zero-order valence-electron chi connectivity index (χ0n) is 17.4. The van der Waals surface area contributed by atoms with Crippen LogP contribution in [0.1, 0.15) is 23.5 Å². The van der Waals surface area contributed by atoms with Gasteiger partial charge in [0, 0.05) is 41.6 Å². The number of urea groups is 1. The van der Waals surface area contributed by atoms with Gasteiger partial charge in [-0.05, 0) is 56.5 Å². The van der Waals surface area contributed by atoms with E-state index in [2.05, 4.69) is 20.3 Å². The van der Waals surface area contributed by atoms with Crippen LogP contribution in [-0.2, 0) is 0 Å². The predicted molar refractivity (Wildman–Crippen MR) is 112 cm³/mol. The normalized spacial score (nSPS) is 16.7. The van der Waals surface area contributed by atoms with E-state index in [9.17, 15) is 18.0 Å². The quantitative estimate of drug-likeness (QED) is 0.620. The van der Waals surface area contributed by atoms with E-state index in [1.54, 1.807) is 19.2 Å². The molecule has 2 aromatic heterocycles. The fourth-order valence-corrected chi connectivity index (χ4v) is 3.81. The summed E-state index contributed by atoms with van der Waals surface area (Å²) in [5.74, 6) is -0.827. The van der Waals surface area contributed by atoms with E-state index in [4.69, 9.17) is 0 Å². The molecular formula is C22H22F3N5O. The molecular weight excluding hydrogens is 407 g/mol. The topological polar surface area (TPSA) is 71.0 Å². The Labute approximate surface area is 177 Å². The van der Waals surface area contributed by atoms with Crippen molar-refractivity contribution in [3.8, 4) is 11.1 Å². The number of carbonyl (C=O) groups is 1. The average Bonchev–Trinajstić information content (AvgIpc) is 3.20. The number of aryl methyl sites for hydroxylation is 3. The van der Waals surface area contributed by atoms with Crippen molar-refractivity contribution in [2.75, 3.05) is 18.4 Å². The fraction of sp³-hybridized carbons (Fsp3) is 0.364. The van der Waals surface area contributed by atoms with Crippen molar-refractivity contribution in [2.24, 2.45) is 5.92 Å². The van der Waals surface area contributed by atoms with Crippen LogP contribution in [0.4, 0.5) is 23.7 Å². The van der Waals surface area contributed by atoms with Gasteiger partial charge in [0.25, 0.3) is 0 Å². The third kappa shape index (κ3) is 4.30. The summed E-state index contributed by atoms with van der Waals surface area (Å²) in [6.07, 6.45) is -2.63. The number of hydrogen-bond acceptors (Lipinski definition) is 4. The molecule has 6 nitrogen and oxygen atoms in total. The highest BCUT2D eigenvalue weighted by Crippen LogP contribution is 2.34. The van der Waals surface area contributed by atoms with Gasteiger partial charge in [0.2, 0.25) is 0 Å². The van der Waals surface area contributed by atoms with Crippen LogP contribution in [0, 0.1) is 26.7 Å². The van der Waals surface area contributed by atoms with Gasteiger partial charge in [0.15, 0.2) is 5.65 Å². The lowest BCUT2D eigenvalue weighted by molar-refractivity contribution is -0.169. The Morgan fingerprint density at radius 2 is 1.90 bits per heavy atom. The minimum Gasteiger partial charge on any atom is -0.324 e. The van der Waals surface area contributed by atoms with Gasteiger partial charge < -0.3 is 10.2 Å². The van der Waals surface area contributed by atoms with Gasteiger partial charge in [-0.2, -0.15) is 13.2 Å².